The molecule has 0 aliphatic carbocycles. The predicted molar refractivity (Wildman–Crippen MR) is 93.2 cm³/mol. The first-order chi connectivity index (χ1) is 11.9. The molecule has 2 aliphatic rings. The van der Waals surface area contributed by atoms with Crippen molar-refractivity contribution in [2.24, 2.45) is 0 Å². The van der Waals surface area contributed by atoms with E-state index in [0.717, 1.165) is 22.1 Å². The zero-order valence-electron chi connectivity index (χ0n) is 14.4. The summed E-state index contributed by atoms with van der Waals surface area (Å²) in [4.78, 5) is 24.8. The number of esters is 1. The smallest absolute Gasteiger partial charge is 0.337 e. The second-order valence-corrected chi connectivity index (χ2v) is 6.90. The third-order valence-electron chi connectivity index (χ3n) is 4.95. The summed E-state index contributed by atoms with van der Waals surface area (Å²) < 4.78 is 10.9. The summed E-state index contributed by atoms with van der Waals surface area (Å²) in [6.45, 7) is 3.59. The van der Waals surface area contributed by atoms with Gasteiger partial charge in [-0.15, -0.1) is 0 Å². The van der Waals surface area contributed by atoms with Crippen molar-refractivity contribution < 1.29 is 19.1 Å². The molecule has 0 bridgehead atoms. The Hall–Kier alpha value is -2.82. The highest BCUT2D eigenvalue weighted by atomic mass is 16.6. The van der Waals surface area contributed by atoms with Crippen LogP contribution in [0.25, 0.3) is 10.8 Å². The third kappa shape index (κ3) is 2.30. The van der Waals surface area contributed by atoms with Crippen molar-refractivity contribution in [3.05, 3.63) is 53.2 Å². The summed E-state index contributed by atoms with van der Waals surface area (Å²) >= 11 is 0. The van der Waals surface area contributed by atoms with Crippen LogP contribution in [-0.2, 0) is 14.3 Å². The summed E-state index contributed by atoms with van der Waals surface area (Å²) in [5.74, 6) is -0.0168. The molecule has 0 radical (unpaired) electrons. The summed E-state index contributed by atoms with van der Waals surface area (Å²) in [5, 5.41) is 4.78. The molecular weight excluding hydrogens is 318 g/mol. The van der Waals surface area contributed by atoms with Gasteiger partial charge in [0.1, 0.15) is 11.4 Å². The Morgan fingerprint density at radius 3 is 2.56 bits per heavy atom. The largest absolute Gasteiger partial charge is 0.496 e. The number of fused-ring (bicyclic) bond motifs is 1. The quantitative estimate of drug-likeness (QED) is 0.856. The van der Waals surface area contributed by atoms with Gasteiger partial charge in [-0.1, -0.05) is 30.3 Å². The van der Waals surface area contributed by atoms with Crippen molar-refractivity contribution in [3.63, 3.8) is 0 Å². The van der Waals surface area contributed by atoms with Gasteiger partial charge in [-0.2, -0.15) is 0 Å². The van der Waals surface area contributed by atoms with Crippen LogP contribution in [0, 0.1) is 0 Å². The second-order valence-electron chi connectivity index (χ2n) is 6.90. The number of cyclic esters (lactones) is 1. The van der Waals surface area contributed by atoms with E-state index in [1.54, 1.807) is 21.0 Å². The van der Waals surface area contributed by atoms with Crippen molar-refractivity contribution in [1.29, 1.82) is 0 Å². The van der Waals surface area contributed by atoms with Crippen LogP contribution in [-0.4, -0.2) is 24.6 Å². The maximum atomic E-state index is 12.5. The van der Waals surface area contributed by atoms with E-state index >= 15 is 0 Å². The molecule has 2 aromatic rings. The number of carbonyl (C=O) groups is 2. The number of ether oxygens (including phenoxy) is 2. The summed E-state index contributed by atoms with van der Waals surface area (Å²) in [5.41, 5.74) is 1.26. The lowest BCUT2D eigenvalue weighted by Gasteiger charge is -2.27. The van der Waals surface area contributed by atoms with E-state index in [-0.39, 0.29) is 24.2 Å². The standard InChI is InChI=1S/C20H19NO4/c1-20(2)18-17(19(23)25-20)14(10-16(22)21-18)12-8-9-15(24-3)13-7-5-4-6-11(12)13/h4-9,14H,10H2,1-3H3,(H,21,22)/t14-/m0/s1. The molecule has 0 fully saturated rings. The van der Waals surface area contributed by atoms with Gasteiger partial charge in [-0.25, -0.2) is 4.79 Å². The van der Waals surface area contributed by atoms with E-state index in [1.807, 2.05) is 36.4 Å². The van der Waals surface area contributed by atoms with Gasteiger partial charge in [0.05, 0.1) is 18.4 Å². The molecule has 4 rings (SSSR count). The van der Waals surface area contributed by atoms with Crippen molar-refractivity contribution in [2.75, 3.05) is 7.11 Å². The average Bonchev–Trinajstić information content (AvgIpc) is 2.82. The zero-order valence-corrected chi connectivity index (χ0v) is 14.4. The first kappa shape index (κ1) is 15.7. The Bertz CT molecular complexity index is 942. The van der Waals surface area contributed by atoms with Gasteiger partial charge in [0.25, 0.3) is 0 Å². The molecule has 1 amide bonds. The number of methoxy groups -OCH3 is 1. The fraction of sp³-hybridized carbons (Fsp3) is 0.300. The van der Waals surface area contributed by atoms with Gasteiger partial charge in [-0.3, -0.25) is 4.79 Å². The van der Waals surface area contributed by atoms with Crippen LogP contribution in [0.15, 0.2) is 47.7 Å². The van der Waals surface area contributed by atoms with E-state index in [1.165, 1.54) is 0 Å². The van der Waals surface area contributed by atoms with Gasteiger partial charge in [0, 0.05) is 17.7 Å². The fourth-order valence-electron chi connectivity index (χ4n) is 3.82. The van der Waals surface area contributed by atoms with E-state index in [0.29, 0.717) is 11.3 Å². The molecule has 0 saturated heterocycles. The molecule has 1 N–H and O–H groups in total. The van der Waals surface area contributed by atoms with E-state index in [2.05, 4.69) is 5.32 Å². The molecule has 25 heavy (non-hydrogen) atoms. The maximum Gasteiger partial charge on any atom is 0.337 e. The molecular formula is C20H19NO4. The van der Waals surface area contributed by atoms with Crippen LogP contribution < -0.4 is 10.1 Å². The van der Waals surface area contributed by atoms with Crippen LogP contribution >= 0.6 is 0 Å². The minimum atomic E-state index is -0.816. The molecule has 0 saturated carbocycles. The number of rotatable bonds is 2. The summed E-state index contributed by atoms with van der Waals surface area (Å²) in [7, 11) is 1.63. The number of amides is 1. The number of hydrogen-bond acceptors (Lipinski definition) is 4. The second kappa shape index (κ2) is 5.34. The number of benzene rings is 2. The lowest BCUT2D eigenvalue weighted by atomic mass is 9.81. The van der Waals surface area contributed by atoms with Gasteiger partial charge < -0.3 is 14.8 Å². The van der Waals surface area contributed by atoms with Crippen molar-refractivity contribution in [1.82, 2.24) is 5.32 Å². The molecule has 5 nitrogen and oxygen atoms in total. The normalized spacial score (nSPS) is 21.8. The lowest BCUT2D eigenvalue weighted by molar-refractivity contribution is -0.144. The maximum absolute atomic E-state index is 12.5. The Balaban J connectivity index is 1.96. The molecule has 0 aromatic heterocycles. The number of hydrogen-bond donors (Lipinski definition) is 1. The molecule has 2 aromatic carbocycles. The van der Waals surface area contributed by atoms with Gasteiger partial charge >= 0.3 is 5.97 Å². The molecule has 128 valence electrons. The molecule has 0 unspecified atom stereocenters. The monoisotopic (exact) mass is 337 g/mol. The Kier molecular flexibility index (Phi) is 3.35. The van der Waals surface area contributed by atoms with Gasteiger partial charge in [0.2, 0.25) is 5.91 Å². The van der Waals surface area contributed by atoms with Gasteiger partial charge in [0.15, 0.2) is 0 Å². The van der Waals surface area contributed by atoms with Crippen molar-refractivity contribution in [2.45, 2.75) is 31.8 Å². The molecule has 2 aliphatic heterocycles. The predicted octanol–water partition coefficient (Wildman–Crippen LogP) is 3.04. The highest BCUT2D eigenvalue weighted by molar-refractivity contribution is 6.01. The van der Waals surface area contributed by atoms with E-state index in [9.17, 15) is 9.59 Å². The molecule has 0 spiro atoms. The lowest BCUT2D eigenvalue weighted by Crippen LogP contribution is -2.38. The molecule has 1 atom stereocenters. The van der Waals surface area contributed by atoms with E-state index < -0.39 is 5.60 Å². The SMILES string of the molecule is COc1ccc([C@@H]2CC(=O)NC3=C2C(=O)OC3(C)C)c2ccccc12. The zero-order chi connectivity index (χ0) is 17.8. The minimum Gasteiger partial charge on any atom is -0.496 e. The molecule has 2 heterocycles. The Morgan fingerprint density at radius 1 is 1.12 bits per heavy atom. The van der Waals surface area contributed by atoms with Crippen LogP contribution in [0.1, 0.15) is 31.7 Å². The van der Waals surface area contributed by atoms with Crippen molar-refractivity contribution in [3.8, 4) is 5.75 Å². The third-order valence-corrected chi connectivity index (χ3v) is 4.95. The number of carbonyl (C=O) groups excluding carboxylic acids is 2. The summed E-state index contributed by atoms with van der Waals surface area (Å²) in [6, 6.07) is 11.7. The minimum absolute atomic E-state index is 0.102. The highest BCUT2D eigenvalue weighted by Crippen LogP contribution is 2.45. The number of nitrogens with one attached hydrogen (secondary N) is 1. The van der Waals surface area contributed by atoms with Crippen LogP contribution in [0.5, 0.6) is 5.75 Å². The van der Waals surface area contributed by atoms with Crippen LogP contribution in [0.4, 0.5) is 0 Å². The van der Waals surface area contributed by atoms with Crippen molar-refractivity contribution >= 4 is 22.6 Å². The fourth-order valence-corrected chi connectivity index (χ4v) is 3.82. The first-order valence-electron chi connectivity index (χ1n) is 8.26. The topological polar surface area (TPSA) is 64.6 Å². The molecule has 5 heteroatoms. The first-order valence-corrected chi connectivity index (χ1v) is 8.26. The van der Waals surface area contributed by atoms with E-state index in [4.69, 9.17) is 9.47 Å². The Morgan fingerprint density at radius 2 is 1.84 bits per heavy atom. The Labute approximate surface area is 145 Å². The van der Waals surface area contributed by atoms with Crippen LogP contribution in [0.2, 0.25) is 0 Å². The average molecular weight is 337 g/mol. The highest BCUT2D eigenvalue weighted by Gasteiger charge is 2.47. The van der Waals surface area contributed by atoms with Gasteiger partial charge in [-0.05, 0) is 30.9 Å². The summed E-state index contributed by atoms with van der Waals surface area (Å²) in [6.07, 6.45) is 0.223. The van der Waals surface area contributed by atoms with Crippen LogP contribution in [0.3, 0.4) is 0 Å².